The molecule has 9 heteroatoms. The van der Waals surface area contributed by atoms with E-state index < -0.39 is 15.7 Å². The van der Waals surface area contributed by atoms with Gasteiger partial charge in [0.2, 0.25) is 0 Å². The van der Waals surface area contributed by atoms with Gasteiger partial charge in [0.05, 0.1) is 22.9 Å². The monoisotopic (exact) mass is 373 g/mol. The van der Waals surface area contributed by atoms with Crippen molar-refractivity contribution in [2.45, 2.75) is 30.2 Å². The number of hydrogen-bond donors (Lipinski definition) is 2. The number of nitrogens with two attached hydrogens (primary N) is 1. The lowest BCUT2D eigenvalue weighted by Gasteiger charge is -2.13. The highest BCUT2D eigenvalue weighted by Gasteiger charge is 2.30. The van der Waals surface area contributed by atoms with Gasteiger partial charge in [-0.3, -0.25) is 9.48 Å². The molecule has 3 N–H and O–H groups in total. The average molecular weight is 373 g/mol. The molecular formula is C17H19N5O3S. The topological polar surface area (TPSA) is 131 Å². The normalized spacial score (nSPS) is 19.8. The zero-order chi connectivity index (χ0) is 18.9. The molecule has 136 valence electrons. The number of aromatic nitrogens is 2. The molecule has 2 unspecified atom stereocenters. The predicted octanol–water partition coefficient (Wildman–Crippen LogP) is 1.99. The predicted molar refractivity (Wildman–Crippen MR) is 95.6 cm³/mol. The Kier molecular flexibility index (Phi) is 4.70. The Morgan fingerprint density at radius 3 is 2.62 bits per heavy atom. The highest BCUT2D eigenvalue weighted by Crippen LogP contribution is 2.36. The first-order valence-corrected chi connectivity index (χ1v) is 10.0. The van der Waals surface area contributed by atoms with Crippen LogP contribution in [0.4, 0.5) is 11.5 Å². The van der Waals surface area contributed by atoms with Crippen molar-refractivity contribution in [1.29, 1.82) is 5.26 Å². The lowest BCUT2D eigenvalue weighted by Crippen LogP contribution is -2.14. The molecule has 3 rings (SSSR count). The molecule has 0 radical (unpaired) electrons. The highest BCUT2D eigenvalue weighted by molar-refractivity contribution is 7.90. The summed E-state index contributed by atoms with van der Waals surface area (Å²) in [7, 11) is -3.28. The maximum Gasteiger partial charge on any atom is 0.254 e. The molecule has 26 heavy (non-hydrogen) atoms. The second kappa shape index (κ2) is 6.80. The van der Waals surface area contributed by atoms with Gasteiger partial charge < -0.3 is 11.1 Å². The Bertz CT molecular complexity index is 973. The van der Waals surface area contributed by atoms with Gasteiger partial charge in [-0.25, -0.2) is 8.42 Å². The van der Waals surface area contributed by atoms with Gasteiger partial charge in [0, 0.05) is 18.1 Å². The standard InChI is InChI=1S/C17H19N5O3S/c1-26(24,25)13-7-5-12(6-8-13)20-17-14(16(19)23)10-22(21-17)15-4-2-3-11(15)9-18/h5-8,10-11,15H,2-4H2,1H3,(H2,19,23)(H,20,21). The summed E-state index contributed by atoms with van der Waals surface area (Å²) in [5.74, 6) is -0.483. The van der Waals surface area contributed by atoms with E-state index in [0.29, 0.717) is 5.69 Å². The SMILES string of the molecule is CS(=O)(=O)c1ccc(Nc2nn(C3CCCC3C#N)cc2C(N)=O)cc1. The van der Waals surface area contributed by atoms with Crippen LogP contribution in [0, 0.1) is 17.2 Å². The highest BCUT2D eigenvalue weighted by atomic mass is 32.2. The van der Waals surface area contributed by atoms with Gasteiger partial charge in [0.15, 0.2) is 15.7 Å². The van der Waals surface area contributed by atoms with Crippen molar-refractivity contribution in [3.05, 3.63) is 36.0 Å². The Balaban J connectivity index is 1.90. The van der Waals surface area contributed by atoms with Gasteiger partial charge in [-0.15, -0.1) is 0 Å². The van der Waals surface area contributed by atoms with E-state index in [0.717, 1.165) is 25.5 Å². The van der Waals surface area contributed by atoms with Crippen LogP contribution >= 0.6 is 0 Å². The molecule has 1 aromatic carbocycles. The van der Waals surface area contributed by atoms with Crippen LogP contribution < -0.4 is 11.1 Å². The Morgan fingerprint density at radius 1 is 1.35 bits per heavy atom. The van der Waals surface area contributed by atoms with Crippen LogP contribution in [0.1, 0.15) is 35.7 Å². The maximum atomic E-state index is 11.8. The Labute approximate surface area is 151 Å². The number of benzene rings is 1. The summed E-state index contributed by atoms with van der Waals surface area (Å²) < 4.78 is 24.7. The van der Waals surface area contributed by atoms with Crippen molar-refractivity contribution in [3.63, 3.8) is 0 Å². The molecular weight excluding hydrogens is 354 g/mol. The Morgan fingerprint density at radius 2 is 2.04 bits per heavy atom. The quantitative estimate of drug-likeness (QED) is 0.824. The van der Waals surface area contributed by atoms with Crippen LogP contribution in [0.3, 0.4) is 0 Å². The third-order valence-corrected chi connectivity index (χ3v) is 5.66. The number of carbonyl (C=O) groups is 1. The largest absolute Gasteiger partial charge is 0.365 e. The van der Waals surface area contributed by atoms with Crippen molar-refractivity contribution in [2.75, 3.05) is 11.6 Å². The van der Waals surface area contributed by atoms with Crippen molar-refractivity contribution in [3.8, 4) is 6.07 Å². The lowest BCUT2D eigenvalue weighted by atomic mass is 10.1. The molecule has 1 saturated carbocycles. The van der Waals surface area contributed by atoms with E-state index in [4.69, 9.17) is 5.73 Å². The number of amides is 1. The number of nitriles is 1. The fourth-order valence-electron chi connectivity index (χ4n) is 3.16. The Hall–Kier alpha value is -2.86. The number of hydrogen-bond acceptors (Lipinski definition) is 6. The molecule has 1 aromatic heterocycles. The molecule has 1 aliphatic carbocycles. The lowest BCUT2D eigenvalue weighted by molar-refractivity contribution is 0.100. The summed E-state index contributed by atoms with van der Waals surface area (Å²) in [5, 5.41) is 16.7. The zero-order valence-corrected chi connectivity index (χ0v) is 15.0. The smallest absolute Gasteiger partial charge is 0.254 e. The van der Waals surface area contributed by atoms with Crippen LogP contribution in [0.25, 0.3) is 0 Å². The van der Waals surface area contributed by atoms with E-state index >= 15 is 0 Å². The van der Waals surface area contributed by atoms with Gasteiger partial charge in [-0.1, -0.05) is 0 Å². The van der Waals surface area contributed by atoms with Gasteiger partial charge in [0.25, 0.3) is 5.91 Å². The number of sulfone groups is 1. The van der Waals surface area contributed by atoms with Crippen molar-refractivity contribution in [1.82, 2.24) is 9.78 Å². The van der Waals surface area contributed by atoms with E-state index in [-0.39, 0.29) is 28.2 Å². The van der Waals surface area contributed by atoms with E-state index in [9.17, 15) is 18.5 Å². The molecule has 2 atom stereocenters. The minimum Gasteiger partial charge on any atom is -0.365 e. The number of anilines is 2. The van der Waals surface area contributed by atoms with Gasteiger partial charge >= 0.3 is 0 Å². The molecule has 1 amide bonds. The molecule has 0 aliphatic heterocycles. The van der Waals surface area contributed by atoms with Crippen molar-refractivity contribution >= 4 is 27.2 Å². The summed E-state index contributed by atoms with van der Waals surface area (Å²) in [6.45, 7) is 0. The van der Waals surface area contributed by atoms with Crippen LogP contribution in [-0.4, -0.2) is 30.4 Å². The van der Waals surface area contributed by atoms with Crippen LogP contribution in [0.2, 0.25) is 0 Å². The van der Waals surface area contributed by atoms with Gasteiger partial charge in [0.1, 0.15) is 5.56 Å². The molecule has 8 nitrogen and oxygen atoms in total. The second-order valence-electron chi connectivity index (χ2n) is 6.39. The third-order valence-electron chi connectivity index (χ3n) is 4.53. The first kappa shape index (κ1) is 17.9. The third kappa shape index (κ3) is 3.55. The number of nitrogens with zero attached hydrogens (tertiary/aromatic N) is 3. The van der Waals surface area contributed by atoms with Crippen LogP contribution in [0.5, 0.6) is 0 Å². The summed E-state index contributed by atoms with van der Waals surface area (Å²) in [4.78, 5) is 12.0. The first-order valence-electron chi connectivity index (χ1n) is 8.15. The fourth-order valence-corrected chi connectivity index (χ4v) is 3.79. The molecule has 0 bridgehead atoms. The van der Waals surface area contributed by atoms with E-state index in [1.54, 1.807) is 23.0 Å². The van der Waals surface area contributed by atoms with Crippen LogP contribution in [-0.2, 0) is 9.84 Å². The number of primary amides is 1. The van der Waals surface area contributed by atoms with Crippen LogP contribution in [0.15, 0.2) is 35.4 Å². The van der Waals surface area contributed by atoms with E-state index in [2.05, 4.69) is 16.5 Å². The van der Waals surface area contributed by atoms with E-state index in [1.165, 1.54) is 12.1 Å². The average Bonchev–Trinajstić information content (AvgIpc) is 3.20. The number of rotatable bonds is 5. The van der Waals surface area contributed by atoms with Crippen molar-refractivity contribution in [2.24, 2.45) is 11.7 Å². The molecule has 1 aliphatic rings. The molecule has 2 aromatic rings. The fraction of sp³-hybridized carbons (Fsp3) is 0.353. The first-order chi connectivity index (χ1) is 12.3. The summed E-state index contributed by atoms with van der Waals surface area (Å²) in [5.41, 5.74) is 6.25. The molecule has 1 fully saturated rings. The van der Waals surface area contributed by atoms with E-state index in [1.807, 2.05) is 0 Å². The second-order valence-corrected chi connectivity index (χ2v) is 8.41. The summed E-state index contributed by atoms with van der Waals surface area (Å²) >= 11 is 0. The molecule has 0 saturated heterocycles. The summed E-state index contributed by atoms with van der Waals surface area (Å²) in [6.07, 6.45) is 5.26. The minimum atomic E-state index is -3.28. The van der Waals surface area contributed by atoms with Crippen molar-refractivity contribution < 1.29 is 13.2 Å². The number of nitrogens with one attached hydrogen (secondary N) is 1. The van der Waals surface area contributed by atoms with Gasteiger partial charge in [-0.05, 0) is 43.5 Å². The minimum absolute atomic E-state index is 0.0822. The number of carbonyl (C=O) groups excluding carboxylic acids is 1. The maximum absolute atomic E-state index is 11.8. The molecule has 0 spiro atoms. The molecule has 1 heterocycles. The zero-order valence-electron chi connectivity index (χ0n) is 14.2. The summed E-state index contributed by atoms with van der Waals surface area (Å²) in [6, 6.07) is 8.33. The van der Waals surface area contributed by atoms with Gasteiger partial charge in [-0.2, -0.15) is 10.4 Å².